The molecule has 0 amide bonds. The second kappa shape index (κ2) is 12.8. The summed E-state index contributed by atoms with van der Waals surface area (Å²) in [6.45, 7) is 14.2. The van der Waals surface area contributed by atoms with Crippen molar-refractivity contribution < 1.29 is 9.47 Å². The Kier molecular flexibility index (Phi) is 9.24. The van der Waals surface area contributed by atoms with E-state index >= 15 is 0 Å². The van der Waals surface area contributed by atoms with Gasteiger partial charge in [0.15, 0.2) is 0 Å². The van der Waals surface area contributed by atoms with Crippen LogP contribution in [0.2, 0.25) is 0 Å². The number of hydrogen-bond donors (Lipinski definition) is 0. The van der Waals surface area contributed by atoms with E-state index in [0.29, 0.717) is 35.5 Å². The molecular weight excluding hydrogens is 488 g/mol. The lowest BCUT2D eigenvalue weighted by Gasteiger charge is -2.39. The molecule has 0 bridgehead atoms. The Morgan fingerprint density at radius 2 is 0.925 bits per heavy atom. The van der Waals surface area contributed by atoms with E-state index in [4.69, 9.17) is 9.47 Å². The second-order valence-corrected chi connectivity index (χ2v) is 13.5. The predicted molar refractivity (Wildman–Crippen MR) is 169 cm³/mol. The van der Waals surface area contributed by atoms with Gasteiger partial charge in [-0.05, 0) is 84.5 Å². The summed E-state index contributed by atoms with van der Waals surface area (Å²) in [6.07, 6.45) is 7.77. The van der Waals surface area contributed by atoms with E-state index in [1.165, 1.54) is 36.8 Å². The van der Waals surface area contributed by atoms with Crippen molar-refractivity contribution in [2.24, 2.45) is 35.5 Å². The standard InChI is InChI=1S/C38H50O2/c1-25(2)31-19-17-27(5)21-35(31)39-37-23-34(30-15-11-8-12-16-30)38(24-33(37)29-13-9-7-10-14-29)40-36-22-28(6)18-20-32(36)26(3)4/h7-16,23-28,31-32,35-36H,17-22H2,1-6H3/t27-,28-,31+,32+,35-,36-/m1/s1. The first-order valence-corrected chi connectivity index (χ1v) is 15.9. The van der Waals surface area contributed by atoms with Gasteiger partial charge in [-0.3, -0.25) is 0 Å². The average molecular weight is 539 g/mol. The largest absolute Gasteiger partial charge is 0.489 e. The van der Waals surface area contributed by atoms with E-state index in [0.717, 1.165) is 35.5 Å². The Bertz CT molecular complexity index is 1120. The van der Waals surface area contributed by atoms with Gasteiger partial charge in [-0.25, -0.2) is 0 Å². The zero-order valence-electron chi connectivity index (χ0n) is 25.6. The van der Waals surface area contributed by atoms with Crippen LogP contribution < -0.4 is 9.47 Å². The quantitative estimate of drug-likeness (QED) is 0.284. The summed E-state index contributed by atoms with van der Waals surface area (Å²) < 4.78 is 14.2. The highest BCUT2D eigenvalue weighted by molar-refractivity contribution is 5.81. The molecule has 6 atom stereocenters. The smallest absolute Gasteiger partial charge is 0.128 e. The van der Waals surface area contributed by atoms with Crippen molar-refractivity contribution >= 4 is 0 Å². The molecule has 0 aliphatic heterocycles. The molecule has 3 aromatic carbocycles. The fourth-order valence-electron chi connectivity index (χ4n) is 7.27. The SMILES string of the molecule is CC(C)[C@@H]1CC[C@@H](C)C[C@H]1Oc1cc(-c2ccccc2)c(O[C@@H]2C[C@H](C)CC[C@H]2C(C)C)cc1-c1ccccc1. The van der Waals surface area contributed by atoms with Crippen LogP contribution in [0.25, 0.3) is 22.3 Å². The fourth-order valence-corrected chi connectivity index (χ4v) is 7.27. The molecule has 0 saturated heterocycles. The molecule has 40 heavy (non-hydrogen) atoms. The normalized spacial score (nSPS) is 27.1. The van der Waals surface area contributed by atoms with Crippen molar-refractivity contribution in [2.75, 3.05) is 0 Å². The maximum absolute atomic E-state index is 7.11. The van der Waals surface area contributed by atoms with Crippen LogP contribution in [-0.2, 0) is 0 Å². The van der Waals surface area contributed by atoms with E-state index in [1.807, 2.05) is 0 Å². The predicted octanol–water partition coefficient (Wildman–Crippen LogP) is 10.7. The minimum absolute atomic E-state index is 0.228. The van der Waals surface area contributed by atoms with Crippen LogP contribution in [0.15, 0.2) is 72.8 Å². The van der Waals surface area contributed by atoms with Gasteiger partial charge in [0.25, 0.3) is 0 Å². The van der Waals surface area contributed by atoms with E-state index in [-0.39, 0.29) is 12.2 Å². The van der Waals surface area contributed by atoms with Gasteiger partial charge in [-0.2, -0.15) is 0 Å². The molecule has 2 fully saturated rings. The molecule has 2 saturated carbocycles. The highest BCUT2D eigenvalue weighted by atomic mass is 16.5. The van der Waals surface area contributed by atoms with Gasteiger partial charge in [0.05, 0.1) is 0 Å². The van der Waals surface area contributed by atoms with Gasteiger partial charge in [0.1, 0.15) is 23.7 Å². The molecule has 0 N–H and O–H groups in total. The first-order chi connectivity index (χ1) is 19.3. The highest BCUT2D eigenvalue weighted by Gasteiger charge is 2.35. The number of ether oxygens (including phenoxy) is 2. The minimum atomic E-state index is 0.228. The molecule has 214 valence electrons. The van der Waals surface area contributed by atoms with Gasteiger partial charge in [0.2, 0.25) is 0 Å². The van der Waals surface area contributed by atoms with Crippen LogP contribution in [-0.4, -0.2) is 12.2 Å². The van der Waals surface area contributed by atoms with Gasteiger partial charge < -0.3 is 9.47 Å². The summed E-state index contributed by atoms with van der Waals surface area (Å²) >= 11 is 0. The zero-order chi connectivity index (χ0) is 28.2. The van der Waals surface area contributed by atoms with Crippen molar-refractivity contribution in [3.63, 3.8) is 0 Å². The van der Waals surface area contributed by atoms with Crippen molar-refractivity contribution in [1.82, 2.24) is 0 Å². The molecule has 2 aliphatic carbocycles. The van der Waals surface area contributed by atoms with Crippen LogP contribution in [0.4, 0.5) is 0 Å². The Morgan fingerprint density at radius 3 is 1.27 bits per heavy atom. The van der Waals surface area contributed by atoms with Crippen LogP contribution in [0.5, 0.6) is 11.5 Å². The van der Waals surface area contributed by atoms with Crippen LogP contribution in [0, 0.1) is 35.5 Å². The molecule has 2 aliphatic rings. The Hall–Kier alpha value is -2.74. The molecule has 2 heteroatoms. The maximum Gasteiger partial charge on any atom is 0.128 e. The first-order valence-electron chi connectivity index (χ1n) is 15.9. The molecule has 3 aromatic rings. The van der Waals surface area contributed by atoms with E-state index in [1.54, 1.807) is 0 Å². The Balaban J connectivity index is 1.62. The Morgan fingerprint density at radius 1 is 0.550 bits per heavy atom. The summed E-state index contributed by atoms with van der Waals surface area (Å²) in [5.41, 5.74) is 4.65. The second-order valence-electron chi connectivity index (χ2n) is 13.5. The number of hydrogen-bond acceptors (Lipinski definition) is 2. The summed E-state index contributed by atoms with van der Waals surface area (Å²) in [5, 5.41) is 0. The van der Waals surface area contributed by atoms with Gasteiger partial charge >= 0.3 is 0 Å². The van der Waals surface area contributed by atoms with E-state index in [9.17, 15) is 0 Å². The number of rotatable bonds is 8. The first kappa shape index (κ1) is 28.8. The van der Waals surface area contributed by atoms with Crippen LogP contribution in [0.1, 0.15) is 80.1 Å². The molecule has 5 rings (SSSR count). The third kappa shape index (κ3) is 6.59. The van der Waals surface area contributed by atoms with Crippen LogP contribution in [0.3, 0.4) is 0 Å². The Labute approximate surface area is 243 Å². The lowest BCUT2D eigenvalue weighted by molar-refractivity contribution is 0.0439. The molecule has 0 radical (unpaired) electrons. The van der Waals surface area contributed by atoms with Crippen molar-refractivity contribution in [2.45, 2.75) is 92.3 Å². The van der Waals surface area contributed by atoms with E-state index < -0.39 is 0 Å². The number of benzene rings is 3. The van der Waals surface area contributed by atoms with Crippen LogP contribution >= 0.6 is 0 Å². The van der Waals surface area contributed by atoms with Gasteiger partial charge in [-0.1, -0.05) is 115 Å². The molecule has 0 spiro atoms. The van der Waals surface area contributed by atoms with Crippen molar-refractivity contribution in [1.29, 1.82) is 0 Å². The lowest BCUT2D eigenvalue weighted by atomic mass is 9.75. The highest BCUT2D eigenvalue weighted by Crippen LogP contribution is 2.46. The lowest BCUT2D eigenvalue weighted by Crippen LogP contribution is -2.37. The van der Waals surface area contributed by atoms with Gasteiger partial charge in [0, 0.05) is 11.1 Å². The van der Waals surface area contributed by atoms with Gasteiger partial charge in [-0.15, -0.1) is 0 Å². The third-order valence-electron chi connectivity index (χ3n) is 9.73. The summed E-state index contributed by atoms with van der Waals surface area (Å²) in [5.74, 6) is 5.72. The molecular formula is C38H50O2. The maximum atomic E-state index is 7.11. The molecule has 0 aromatic heterocycles. The summed E-state index contributed by atoms with van der Waals surface area (Å²) in [4.78, 5) is 0. The molecule has 2 nitrogen and oxygen atoms in total. The zero-order valence-corrected chi connectivity index (χ0v) is 25.6. The third-order valence-corrected chi connectivity index (χ3v) is 9.73. The van der Waals surface area contributed by atoms with Crippen molar-refractivity contribution in [3.8, 4) is 33.8 Å². The molecule has 0 heterocycles. The monoisotopic (exact) mass is 538 g/mol. The minimum Gasteiger partial charge on any atom is -0.489 e. The topological polar surface area (TPSA) is 18.5 Å². The summed E-state index contributed by atoms with van der Waals surface area (Å²) in [7, 11) is 0. The molecule has 0 unspecified atom stereocenters. The van der Waals surface area contributed by atoms with E-state index in [2.05, 4.69) is 114 Å². The summed E-state index contributed by atoms with van der Waals surface area (Å²) in [6, 6.07) is 26.1. The average Bonchev–Trinajstić information content (AvgIpc) is 2.94. The fraction of sp³-hybridized carbons (Fsp3) is 0.526. The van der Waals surface area contributed by atoms with Crippen molar-refractivity contribution in [3.05, 3.63) is 72.8 Å².